The lowest BCUT2D eigenvalue weighted by molar-refractivity contribution is 0.489. The topological polar surface area (TPSA) is 77.8 Å². The van der Waals surface area contributed by atoms with Gasteiger partial charge in [-0.1, -0.05) is 0 Å². The molecule has 0 aliphatic carbocycles. The number of fused-ring (bicyclic) bond motifs is 1. The number of hydrogen-bond donors (Lipinski definition) is 1. The van der Waals surface area contributed by atoms with E-state index in [2.05, 4.69) is 30.9 Å². The maximum Gasteiger partial charge on any atom is 0.263 e. The van der Waals surface area contributed by atoms with Gasteiger partial charge in [0.1, 0.15) is 16.9 Å². The summed E-state index contributed by atoms with van der Waals surface area (Å²) in [6.45, 7) is 0. The molecule has 0 radical (unpaired) electrons. The SMILES string of the molecule is Nc1ccc2oc(Sc3ncncc3Br)nc2c1. The molecular formula is C11H7BrN4OS. The number of halogens is 1. The standard InChI is InChI=1S/C11H7BrN4OS/c12-7-4-14-5-15-10(7)18-11-16-8-3-6(13)1-2-9(8)17-11/h1-5H,13H2. The predicted molar refractivity (Wildman–Crippen MR) is 72.3 cm³/mol. The molecule has 18 heavy (non-hydrogen) atoms. The number of anilines is 1. The summed E-state index contributed by atoms with van der Waals surface area (Å²) in [6, 6.07) is 5.36. The van der Waals surface area contributed by atoms with E-state index >= 15 is 0 Å². The average molecular weight is 323 g/mol. The van der Waals surface area contributed by atoms with Gasteiger partial charge in [0.15, 0.2) is 5.58 Å². The van der Waals surface area contributed by atoms with Crippen molar-refractivity contribution in [1.82, 2.24) is 15.0 Å². The molecule has 2 N–H and O–H groups in total. The van der Waals surface area contributed by atoms with Gasteiger partial charge in [0.2, 0.25) is 0 Å². The van der Waals surface area contributed by atoms with E-state index in [-0.39, 0.29) is 0 Å². The molecule has 0 saturated heterocycles. The fourth-order valence-corrected chi connectivity index (χ4v) is 2.58. The van der Waals surface area contributed by atoms with Crippen molar-refractivity contribution in [3.8, 4) is 0 Å². The summed E-state index contributed by atoms with van der Waals surface area (Å²) < 4.78 is 6.40. The number of benzene rings is 1. The molecule has 2 heterocycles. The third-order valence-corrected chi connectivity index (χ3v) is 3.92. The number of rotatable bonds is 2. The summed E-state index contributed by atoms with van der Waals surface area (Å²) in [4.78, 5) is 12.4. The maximum absolute atomic E-state index is 5.69. The monoisotopic (exact) mass is 322 g/mol. The minimum absolute atomic E-state index is 0.523. The van der Waals surface area contributed by atoms with Crippen LogP contribution in [-0.4, -0.2) is 15.0 Å². The Morgan fingerprint density at radius 1 is 1.33 bits per heavy atom. The van der Waals surface area contributed by atoms with Gasteiger partial charge in [-0.3, -0.25) is 0 Å². The third-order valence-electron chi connectivity index (χ3n) is 2.21. The highest BCUT2D eigenvalue weighted by atomic mass is 79.9. The molecule has 0 atom stereocenters. The second-order valence-electron chi connectivity index (χ2n) is 3.48. The Labute approximate surface area is 115 Å². The first-order valence-electron chi connectivity index (χ1n) is 5.02. The lowest BCUT2D eigenvalue weighted by Crippen LogP contribution is -1.83. The van der Waals surface area contributed by atoms with E-state index in [0.29, 0.717) is 16.5 Å². The van der Waals surface area contributed by atoms with Gasteiger partial charge in [-0.15, -0.1) is 0 Å². The van der Waals surface area contributed by atoms with Gasteiger partial charge < -0.3 is 10.2 Å². The molecule has 0 fully saturated rings. The van der Waals surface area contributed by atoms with Crippen molar-refractivity contribution in [1.29, 1.82) is 0 Å². The molecule has 0 bridgehead atoms. The van der Waals surface area contributed by atoms with E-state index in [0.717, 1.165) is 15.0 Å². The van der Waals surface area contributed by atoms with Crippen LogP contribution in [0.25, 0.3) is 11.1 Å². The average Bonchev–Trinajstić information content (AvgIpc) is 2.73. The largest absolute Gasteiger partial charge is 0.431 e. The Morgan fingerprint density at radius 2 is 2.22 bits per heavy atom. The van der Waals surface area contributed by atoms with Crippen LogP contribution in [0.5, 0.6) is 0 Å². The zero-order chi connectivity index (χ0) is 12.5. The van der Waals surface area contributed by atoms with Crippen LogP contribution in [-0.2, 0) is 0 Å². The zero-order valence-electron chi connectivity index (χ0n) is 9.00. The Balaban J connectivity index is 1.98. The van der Waals surface area contributed by atoms with Crippen LogP contribution in [0.3, 0.4) is 0 Å². The van der Waals surface area contributed by atoms with Gasteiger partial charge >= 0.3 is 0 Å². The van der Waals surface area contributed by atoms with E-state index in [1.54, 1.807) is 24.4 Å². The fraction of sp³-hybridized carbons (Fsp3) is 0. The number of oxazole rings is 1. The van der Waals surface area contributed by atoms with Gasteiger partial charge in [0.05, 0.1) is 4.47 Å². The normalized spacial score (nSPS) is 10.9. The van der Waals surface area contributed by atoms with Crippen LogP contribution >= 0.6 is 27.7 Å². The number of nitrogen functional groups attached to an aromatic ring is 1. The quantitative estimate of drug-likeness (QED) is 0.577. The van der Waals surface area contributed by atoms with Gasteiger partial charge in [0.25, 0.3) is 5.22 Å². The number of hydrogen-bond acceptors (Lipinski definition) is 6. The lowest BCUT2D eigenvalue weighted by Gasteiger charge is -1.96. The molecule has 2 aromatic heterocycles. The van der Waals surface area contributed by atoms with Gasteiger partial charge in [-0.2, -0.15) is 0 Å². The molecule has 0 amide bonds. The van der Waals surface area contributed by atoms with Gasteiger partial charge in [0, 0.05) is 11.9 Å². The third kappa shape index (κ3) is 2.19. The molecule has 5 nitrogen and oxygen atoms in total. The highest BCUT2D eigenvalue weighted by Crippen LogP contribution is 2.32. The fourth-order valence-electron chi connectivity index (χ4n) is 1.43. The van der Waals surface area contributed by atoms with Crippen molar-refractivity contribution in [2.24, 2.45) is 0 Å². The second kappa shape index (κ2) is 4.58. The molecule has 7 heteroatoms. The molecular weight excluding hydrogens is 316 g/mol. The number of nitrogens with two attached hydrogens (primary N) is 1. The van der Waals surface area contributed by atoms with Crippen LogP contribution in [0.2, 0.25) is 0 Å². The highest BCUT2D eigenvalue weighted by Gasteiger charge is 2.10. The van der Waals surface area contributed by atoms with E-state index < -0.39 is 0 Å². The zero-order valence-corrected chi connectivity index (χ0v) is 11.4. The summed E-state index contributed by atoms with van der Waals surface area (Å²) in [5.41, 5.74) is 7.80. The summed E-state index contributed by atoms with van der Waals surface area (Å²) in [5.74, 6) is 0. The first-order chi connectivity index (χ1) is 8.72. The van der Waals surface area contributed by atoms with E-state index in [4.69, 9.17) is 10.2 Å². The molecule has 3 rings (SSSR count). The van der Waals surface area contributed by atoms with Crippen molar-refractivity contribution in [3.05, 3.63) is 35.2 Å². The molecule has 90 valence electrons. The second-order valence-corrected chi connectivity index (χ2v) is 5.28. The van der Waals surface area contributed by atoms with Crippen molar-refractivity contribution in [3.63, 3.8) is 0 Å². The van der Waals surface area contributed by atoms with Crippen LogP contribution in [0.4, 0.5) is 5.69 Å². The predicted octanol–water partition coefficient (Wildman–Crippen LogP) is 3.11. The van der Waals surface area contributed by atoms with Gasteiger partial charge in [-0.05, 0) is 45.9 Å². The van der Waals surface area contributed by atoms with E-state index in [9.17, 15) is 0 Å². The molecule has 0 aliphatic rings. The summed E-state index contributed by atoms with van der Waals surface area (Å²) in [6.07, 6.45) is 3.16. The number of aromatic nitrogens is 3. The molecule has 0 aliphatic heterocycles. The van der Waals surface area contributed by atoms with Crippen LogP contribution in [0.1, 0.15) is 0 Å². The van der Waals surface area contributed by atoms with Crippen molar-refractivity contribution in [2.75, 3.05) is 5.73 Å². The Morgan fingerprint density at radius 3 is 3.06 bits per heavy atom. The smallest absolute Gasteiger partial charge is 0.263 e. The Bertz CT molecular complexity index is 715. The Hall–Kier alpha value is -1.60. The molecule has 0 unspecified atom stereocenters. The van der Waals surface area contributed by atoms with E-state index in [1.807, 2.05) is 0 Å². The molecule has 3 aromatic rings. The molecule has 0 spiro atoms. The summed E-state index contributed by atoms with van der Waals surface area (Å²) in [7, 11) is 0. The Kier molecular flexibility index (Phi) is 2.92. The van der Waals surface area contributed by atoms with Crippen molar-refractivity contribution >= 4 is 44.5 Å². The summed E-state index contributed by atoms with van der Waals surface area (Å²) in [5, 5.41) is 1.28. The minimum atomic E-state index is 0.523. The number of nitrogens with zero attached hydrogens (tertiary/aromatic N) is 3. The van der Waals surface area contributed by atoms with E-state index in [1.165, 1.54) is 18.1 Å². The first-order valence-corrected chi connectivity index (χ1v) is 6.63. The maximum atomic E-state index is 5.69. The summed E-state index contributed by atoms with van der Waals surface area (Å²) >= 11 is 4.70. The van der Waals surface area contributed by atoms with Crippen LogP contribution in [0.15, 0.2) is 49.9 Å². The van der Waals surface area contributed by atoms with Crippen LogP contribution < -0.4 is 5.73 Å². The van der Waals surface area contributed by atoms with Crippen molar-refractivity contribution < 1.29 is 4.42 Å². The molecule has 0 saturated carbocycles. The highest BCUT2D eigenvalue weighted by molar-refractivity contribution is 9.10. The first kappa shape index (κ1) is 11.5. The lowest BCUT2D eigenvalue weighted by atomic mass is 10.3. The van der Waals surface area contributed by atoms with Crippen LogP contribution in [0, 0.1) is 0 Å². The minimum Gasteiger partial charge on any atom is -0.431 e. The van der Waals surface area contributed by atoms with Gasteiger partial charge in [-0.25, -0.2) is 15.0 Å². The molecule has 1 aromatic carbocycles. The van der Waals surface area contributed by atoms with Crippen molar-refractivity contribution in [2.45, 2.75) is 10.2 Å².